The number of halogens is 4. The van der Waals surface area contributed by atoms with Crippen LogP contribution in [0.5, 0.6) is 0 Å². The number of alkyl halides is 3. The lowest BCUT2D eigenvalue weighted by molar-refractivity contribution is -0.137. The molecule has 112 valence electrons. The van der Waals surface area contributed by atoms with Crippen LogP contribution in [0.2, 0.25) is 5.02 Å². The topological polar surface area (TPSA) is 20.2 Å². The molecule has 0 bridgehead atoms. The van der Waals surface area contributed by atoms with Crippen molar-refractivity contribution in [3.05, 3.63) is 70.2 Å². The molecule has 1 unspecified atom stereocenters. The van der Waals surface area contributed by atoms with E-state index in [0.717, 1.165) is 12.1 Å². The molecular weight excluding hydrogens is 301 g/mol. The Labute approximate surface area is 126 Å². The molecule has 2 aromatic carbocycles. The third-order valence-corrected chi connectivity index (χ3v) is 3.59. The Balaban J connectivity index is 2.31. The lowest BCUT2D eigenvalue weighted by Gasteiger charge is -2.25. The zero-order chi connectivity index (χ0) is 15.7. The summed E-state index contributed by atoms with van der Waals surface area (Å²) in [7, 11) is 0. The van der Waals surface area contributed by atoms with Crippen molar-refractivity contribution in [3.8, 4) is 0 Å². The maximum absolute atomic E-state index is 12.7. The van der Waals surface area contributed by atoms with E-state index in [1.54, 1.807) is 30.3 Å². The molecule has 21 heavy (non-hydrogen) atoms. The maximum atomic E-state index is 12.7. The molecule has 0 aromatic heterocycles. The first-order chi connectivity index (χ1) is 9.70. The number of aliphatic hydroxyl groups is 1. The molecule has 0 fully saturated rings. The van der Waals surface area contributed by atoms with E-state index in [-0.39, 0.29) is 6.42 Å². The molecule has 0 saturated heterocycles. The summed E-state index contributed by atoms with van der Waals surface area (Å²) >= 11 is 6.04. The quantitative estimate of drug-likeness (QED) is 0.862. The van der Waals surface area contributed by atoms with E-state index in [9.17, 15) is 18.3 Å². The van der Waals surface area contributed by atoms with Crippen LogP contribution in [0.1, 0.15) is 23.6 Å². The van der Waals surface area contributed by atoms with Gasteiger partial charge in [0.05, 0.1) is 11.2 Å². The van der Waals surface area contributed by atoms with Crippen molar-refractivity contribution in [2.75, 3.05) is 0 Å². The second kappa shape index (κ2) is 5.70. The van der Waals surface area contributed by atoms with Crippen LogP contribution in [0.25, 0.3) is 0 Å². The molecule has 1 nitrogen and oxygen atoms in total. The Hall–Kier alpha value is -1.52. The van der Waals surface area contributed by atoms with Gasteiger partial charge in [-0.3, -0.25) is 0 Å². The molecule has 0 aliphatic heterocycles. The first-order valence-corrected chi connectivity index (χ1v) is 6.71. The molecule has 1 atom stereocenters. The average molecular weight is 315 g/mol. The minimum atomic E-state index is -4.40. The fourth-order valence-electron chi connectivity index (χ4n) is 2.25. The van der Waals surface area contributed by atoms with Crippen molar-refractivity contribution < 1.29 is 18.3 Å². The summed E-state index contributed by atoms with van der Waals surface area (Å²) in [6, 6.07) is 11.7. The second-order valence-corrected chi connectivity index (χ2v) is 5.54. The van der Waals surface area contributed by atoms with Gasteiger partial charge in [0.25, 0.3) is 0 Å². The van der Waals surface area contributed by atoms with Crippen LogP contribution in [-0.4, -0.2) is 5.11 Å². The van der Waals surface area contributed by atoms with Gasteiger partial charge in [0.2, 0.25) is 0 Å². The summed E-state index contributed by atoms with van der Waals surface area (Å²) in [5.41, 5.74) is -1.18. The van der Waals surface area contributed by atoms with Gasteiger partial charge in [-0.2, -0.15) is 13.2 Å². The highest BCUT2D eigenvalue weighted by molar-refractivity contribution is 6.31. The fourth-order valence-corrected chi connectivity index (χ4v) is 2.59. The molecule has 2 aromatic rings. The lowest BCUT2D eigenvalue weighted by atomic mass is 9.88. The van der Waals surface area contributed by atoms with Gasteiger partial charge >= 0.3 is 6.18 Å². The number of hydrogen-bond donors (Lipinski definition) is 1. The van der Waals surface area contributed by atoms with E-state index >= 15 is 0 Å². The zero-order valence-electron chi connectivity index (χ0n) is 11.3. The molecular formula is C16H14ClF3O. The predicted octanol–water partition coefficient (Wildman–Crippen LogP) is 4.81. The van der Waals surface area contributed by atoms with Crippen LogP contribution < -0.4 is 0 Å². The first kappa shape index (κ1) is 15.9. The molecule has 0 spiro atoms. The molecule has 0 radical (unpaired) electrons. The average Bonchev–Trinajstić information content (AvgIpc) is 2.37. The van der Waals surface area contributed by atoms with E-state index in [1.807, 2.05) is 0 Å². The monoisotopic (exact) mass is 314 g/mol. The number of hydrogen-bond acceptors (Lipinski definition) is 1. The fraction of sp³-hybridized carbons (Fsp3) is 0.250. The molecule has 0 aliphatic carbocycles. The standard InChI is InChI=1S/C16H14ClF3O/c1-15(21,13-7-2-3-8-14(13)17)10-11-5-4-6-12(9-11)16(18,19)20/h2-9,21H,10H2,1H3. The molecule has 1 N–H and O–H groups in total. The summed E-state index contributed by atoms with van der Waals surface area (Å²) in [6.45, 7) is 1.54. The van der Waals surface area contributed by atoms with Crippen molar-refractivity contribution in [3.63, 3.8) is 0 Å². The molecule has 0 amide bonds. The van der Waals surface area contributed by atoms with Crippen LogP contribution in [0.3, 0.4) is 0 Å². The summed E-state index contributed by atoms with van der Waals surface area (Å²) in [5, 5.41) is 10.9. The van der Waals surface area contributed by atoms with Crippen molar-refractivity contribution >= 4 is 11.6 Å². The number of benzene rings is 2. The normalized spacial score (nSPS) is 14.8. The van der Waals surface area contributed by atoms with Crippen LogP contribution in [0, 0.1) is 0 Å². The van der Waals surface area contributed by atoms with Gasteiger partial charge in [0.1, 0.15) is 0 Å². The van der Waals surface area contributed by atoms with Gasteiger partial charge in [-0.05, 0) is 24.6 Å². The Morgan fingerprint density at radius 3 is 2.33 bits per heavy atom. The SMILES string of the molecule is CC(O)(Cc1cccc(C(F)(F)F)c1)c1ccccc1Cl. The van der Waals surface area contributed by atoms with Crippen LogP contribution in [0.15, 0.2) is 48.5 Å². The Bertz CT molecular complexity index is 635. The summed E-state index contributed by atoms with van der Waals surface area (Å²) < 4.78 is 38.1. The maximum Gasteiger partial charge on any atom is 0.416 e. The third-order valence-electron chi connectivity index (χ3n) is 3.26. The van der Waals surface area contributed by atoms with Gasteiger partial charge in [-0.1, -0.05) is 48.0 Å². The first-order valence-electron chi connectivity index (χ1n) is 6.34. The van der Waals surface area contributed by atoms with Gasteiger partial charge in [0, 0.05) is 17.0 Å². The molecule has 5 heteroatoms. The van der Waals surface area contributed by atoms with Gasteiger partial charge in [-0.25, -0.2) is 0 Å². The third kappa shape index (κ3) is 3.77. The van der Waals surface area contributed by atoms with Crippen molar-refractivity contribution in [2.24, 2.45) is 0 Å². The van der Waals surface area contributed by atoms with Gasteiger partial charge in [-0.15, -0.1) is 0 Å². The van der Waals surface area contributed by atoms with E-state index in [2.05, 4.69) is 0 Å². The van der Waals surface area contributed by atoms with Crippen LogP contribution >= 0.6 is 11.6 Å². The zero-order valence-corrected chi connectivity index (χ0v) is 12.0. The molecule has 0 heterocycles. The van der Waals surface area contributed by atoms with E-state index in [1.165, 1.54) is 13.0 Å². The van der Waals surface area contributed by atoms with Crippen LogP contribution in [0.4, 0.5) is 13.2 Å². The summed E-state index contributed by atoms with van der Waals surface area (Å²) in [6.07, 6.45) is -4.35. The Morgan fingerprint density at radius 2 is 1.71 bits per heavy atom. The summed E-state index contributed by atoms with van der Waals surface area (Å²) in [4.78, 5) is 0. The van der Waals surface area contributed by atoms with Gasteiger partial charge in [0.15, 0.2) is 0 Å². The predicted molar refractivity (Wildman–Crippen MR) is 76.2 cm³/mol. The molecule has 2 rings (SSSR count). The Kier molecular flexibility index (Phi) is 4.30. The van der Waals surface area contributed by atoms with Crippen molar-refractivity contribution in [1.29, 1.82) is 0 Å². The smallest absolute Gasteiger partial charge is 0.385 e. The van der Waals surface area contributed by atoms with Crippen LogP contribution in [-0.2, 0) is 18.2 Å². The summed E-state index contributed by atoms with van der Waals surface area (Å²) in [5.74, 6) is 0. The van der Waals surface area contributed by atoms with Gasteiger partial charge < -0.3 is 5.11 Å². The largest absolute Gasteiger partial charge is 0.416 e. The highest BCUT2D eigenvalue weighted by Crippen LogP contribution is 2.33. The minimum Gasteiger partial charge on any atom is -0.385 e. The Morgan fingerprint density at radius 1 is 1.05 bits per heavy atom. The highest BCUT2D eigenvalue weighted by atomic mass is 35.5. The highest BCUT2D eigenvalue weighted by Gasteiger charge is 2.31. The molecule has 0 aliphatic rings. The number of rotatable bonds is 3. The molecule has 0 saturated carbocycles. The van der Waals surface area contributed by atoms with Crippen molar-refractivity contribution in [1.82, 2.24) is 0 Å². The van der Waals surface area contributed by atoms with E-state index < -0.39 is 17.3 Å². The lowest BCUT2D eigenvalue weighted by Crippen LogP contribution is -2.25. The minimum absolute atomic E-state index is 0.0423. The van der Waals surface area contributed by atoms with E-state index in [4.69, 9.17) is 11.6 Å². The second-order valence-electron chi connectivity index (χ2n) is 5.13. The van der Waals surface area contributed by atoms with Crippen molar-refractivity contribution in [2.45, 2.75) is 25.1 Å². The van der Waals surface area contributed by atoms with E-state index in [0.29, 0.717) is 16.1 Å².